The molecule has 7 nitrogen and oxygen atoms in total. The molecule has 0 amide bonds. The van der Waals surface area contributed by atoms with E-state index >= 15 is 4.39 Å². The number of piperidine rings is 1. The zero-order valence-corrected chi connectivity index (χ0v) is 16.4. The van der Waals surface area contributed by atoms with Crippen LogP contribution in [0.15, 0.2) is 0 Å². The van der Waals surface area contributed by atoms with Gasteiger partial charge in [0.05, 0.1) is 6.61 Å². The highest BCUT2D eigenvalue weighted by molar-refractivity contribution is 5.76. The highest BCUT2D eigenvalue weighted by Gasteiger charge is 2.44. The summed E-state index contributed by atoms with van der Waals surface area (Å²) in [5.41, 5.74) is -1.21. The number of hydrogen-bond acceptors (Lipinski definition) is 6. The van der Waals surface area contributed by atoms with Gasteiger partial charge in [-0.05, 0) is 56.4 Å². The van der Waals surface area contributed by atoms with Gasteiger partial charge in [0.25, 0.3) is 0 Å². The van der Waals surface area contributed by atoms with Crippen LogP contribution in [-0.4, -0.2) is 51.5 Å². The minimum absolute atomic E-state index is 0.179. The van der Waals surface area contributed by atoms with Crippen molar-refractivity contribution in [1.29, 1.82) is 0 Å². The summed E-state index contributed by atoms with van der Waals surface area (Å²) in [5, 5.41) is 17.1. The Kier molecular flexibility index (Phi) is 6.78. The average molecular weight is 381 g/mol. The second kappa shape index (κ2) is 9.08. The van der Waals surface area contributed by atoms with Crippen molar-refractivity contribution >= 4 is 5.97 Å². The molecule has 1 aliphatic carbocycles. The maximum absolute atomic E-state index is 15.4. The van der Waals surface area contributed by atoms with Crippen molar-refractivity contribution in [1.82, 2.24) is 25.9 Å². The van der Waals surface area contributed by atoms with Crippen LogP contribution < -0.4 is 5.32 Å². The molecule has 0 aromatic carbocycles. The molecule has 152 valence electrons. The standard InChI is InChI=1S/C19H32FN5O2/c1-3-13(4-2)12-27-18(26)16-9-15-10-19(20,7-5-14(15)11-21-16)8-6-17-22-24-25-23-17/h13-16,21H,3-12H2,1-2H3,(H,22,23,24,25)/t14-,15-,16-,19-/m0/s1. The Morgan fingerprint density at radius 2 is 2.19 bits per heavy atom. The van der Waals surface area contributed by atoms with Crippen molar-refractivity contribution in [2.24, 2.45) is 17.8 Å². The van der Waals surface area contributed by atoms with Gasteiger partial charge in [-0.15, -0.1) is 10.2 Å². The predicted octanol–water partition coefficient (Wildman–Crippen LogP) is 2.60. The van der Waals surface area contributed by atoms with E-state index < -0.39 is 5.67 Å². The Bertz CT molecular complexity index is 595. The topological polar surface area (TPSA) is 92.8 Å². The Morgan fingerprint density at radius 3 is 2.89 bits per heavy atom. The molecule has 27 heavy (non-hydrogen) atoms. The summed E-state index contributed by atoms with van der Waals surface area (Å²) in [4.78, 5) is 12.4. The Morgan fingerprint density at radius 1 is 1.37 bits per heavy atom. The van der Waals surface area contributed by atoms with Gasteiger partial charge in [-0.25, -0.2) is 4.39 Å². The van der Waals surface area contributed by atoms with E-state index in [1.807, 2.05) is 0 Å². The molecular formula is C19H32FN5O2. The van der Waals surface area contributed by atoms with Gasteiger partial charge in [0, 0.05) is 6.42 Å². The molecule has 1 aromatic rings. The van der Waals surface area contributed by atoms with E-state index in [-0.39, 0.29) is 17.9 Å². The molecule has 3 rings (SSSR count). The molecule has 2 N–H and O–H groups in total. The van der Waals surface area contributed by atoms with Crippen LogP contribution in [0.3, 0.4) is 0 Å². The van der Waals surface area contributed by atoms with E-state index in [1.165, 1.54) is 0 Å². The number of ether oxygens (including phenoxy) is 1. The molecule has 0 spiro atoms. The second-order valence-electron chi connectivity index (χ2n) is 8.25. The van der Waals surface area contributed by atoms with Gasteiger partial charge in [-0.2, -0.15) is 5.21 Å². The zero-order valence-electron chi connectivity index (χ0n) is 16.4. The van der Waals surface area contributed by atoms with Crippen molar-refractivity contribution in [3.05, 3.63) is 5.82 Å². The fraction of sp³-hybridized carbons (Fsp3) is 0.895. The van der Waals surface area contributed by atoms with Crippen LogP contribution in [0.4, 0.5) is 4.39 Å². The number of alkyl halides is 1. The number of hydrogen-bond donors (Lipinski definition) is 2. The van der Waals surface area contributed by atoms with E-state index in [0.29, 0.717) is 56.4 Å². The molecule has 0 radical (unpaired) electrons. The van der Waals surface area contributed by atoms with Crippen molar-refractivity contribution in [2.75, 3.05) is 13.2 Å². The Balaban J connectivity index is 1.51. The number of nitrogens with one attached hydrogen (secondary N) is 2. The fourth-order valence-electron chi connectivity index (χ4n) is 4.50. The zero-order chi connectivity index (χ0) is 19.3. The summed E-state index contributed by atoms with van der Waals surface area (Å²) < 4.78 is 20.9. The van der Waals surface area contributed by atoms with Crippen LogP contribution in [0.25, 0.3) is 0 Å². The summed E-state index contributed by atoms with van der Waals surface area (Å²) in [5.74, 6) is 1.47. The van der Waals surface area contributed by atoms with Crippen molar-refractivity contribution in [3.8, 4) is 0 Å². The minimum atomic E-state index is -1.21. The van der Waals surface area contributed by atoms with E-state index in [9.17, 15) is 4.79 Å². The van der Waals surface area contributed by atoms with Crippen LogP contribution in [0, 0.1) is 17.8 Å². The summed E-state index contributed by atoms with van der Waals surface area (Å²) in [6.07, 6.45) is 5.52. The van der Waals surface area contributed by atoms with E-state index in [2.05, 4.69) is 39.8 Å². The Hall–Kier alpha value is -1.57. The molecule has 1 aliphatic heterocycles. The number of halogens is 1. The molecule has 2 aliphatic rings. The second-order valence-corrected chi connectivity index (χ2v) is 8.25. The van der Waals surface area contributed by atoms with Crippen molar-refractivity contribution < 1.29 is 13.9 Å². The first kappa shape index (κ1) is 20.2. The van der Waals surface area contributed by atoms with Gasteiger partial charge in [-0.3, -0.25) is 4.79 Å². The number of esters is 1. The first-order valence-electron chi connectivity index (χ1n) is 10.3. The molecule has 1 saturated carbocycles. The van der Waals surface area contributed by atoms with Gasteiger partial charge < -0.3 is 10.1 Å². The van der Waals surface area contributed by atoms with Crippen molar-refractivity contribution in [2.45, 2.75) is 76.9 Å². The number of nitrogens with zero attached hydrogens (tertiary/aromatic N) is 3. The summed E-state index contributed by atoms with van der Waals surface area (Å²) in [6, 6.07) is -0.305. The van der Waals surface area contributed by atoms with Gasteiger partial charge in [-0.1, -0.05) is 31.9 Å². The molecule has 0 unspecified atom stereocenters. The lowest BCUT2D eigenvalue weighted by Gasteiger charge is -2.44. The number of aryl methyl sites for hydroxylation is 1. The van der Waals surface area contributed by atoms with Crippen LogP contribution in [0.5, 0.6) is 0 Å². The monoisotopic (exact) mass is 381 g/mol. The number of tetrazole rings is 1. The van der Waals surface area contributed by atoms with Gasteiger partial charge in [0.15, 0.2) is 5.82 Å². The molecule has 2 fully saturated rings. The van der Waals surface area contributed by atoms with Crippen LogP contribution in [0.1, 0.15) is 64.6 Å². The maximum atomic E-state index is 15.4. The van der Waals surface area contributed by atoms with Gasteiger partial charge in [0.1, 0.15) is 11.7 Å². The highest BCUT2D eigenvalue weighted by Crippen LogP contribution is 2.44. The molecule has 8 heteroatoms. The third-order valence-corrected chi connectivity index (χ3v) is 6.51. The van der Waals surface area contributed by atoms with Crippen molar-refractivity contribution in [3.63, 3.8) is 0 Å². The van der Waals surface area contributed by atoms with E-state index in [4.69, 9.17) is 4.74 Å². The van der Waals surface area contributed by atoms with Gasteiger partial charge >= 0.3 is 5.97 Å². The lowest BCUT2D eigenvalue weighted by atomic mass is 9.67. The lowest BCUT2D eigenvalue weighted by molar-refractivity contribution is -0.149. The molecule has 1 saturated heterocycles. The normalized spacial score (nSPS) is 30.9. The van der Waals surface area contributed by atoms with Crippen LogP contribution in [0.2, 0.25) is 0 Å². The fourth-order valence-corrected chi connectivity index (χ4v) is 4.50. The number of fused-ring (bicyclic) bond motifs is 1. The molecule has 0 bridgehead atoms. The molecular weight excluding hydrogens is 349 g/mol. The number of aromatic nitrogens is 4. The smallest absolute Gasteiger partial charge is 0.323 e. The first-order valence-corrected chi connectivity index (χ1v) is 10.3. The van der Waals surface area contributed by atoms with E-state index in [1.54, 1.807) is 0 Å². The third kappa shape index (κ3) is 5.24. The minimum Gasteiger partial charge on any atom is -0.464 e. The first-order chi connectivity index (χ1) is 13.0. The maximum Gasteiger partial charge on any atom is 0.323 e. The SMILES string of the molecule is CCC(CC)COC(=O)[C@@H]1C[C@H]2C[C@@](F)(CCc3nn[nH]n3)CC[C@H]2CN1. The lowest BCUT2D eigenvalue weighted by Crippen LogP contribution is -2.52. The van der Waals surface area contributed by atoms with E-state index in [0.717, 1.165) is 25.8 Å². The van der Waals surface area contributed by atoms with Crippen LogP contribution >= 0.6 is 0 Å². The van der Waals surface area contributed by atoms with Gasteiger partial charge in [0.2, 0.25) is 0 Å². The summed E-state index contributed by atoms with van der Waals surface area (Å²) in [6.45, 7) is 5.48. The number of aromatic amines is 1. The largest absolute Gasteiger partial charge is 0.464 e. The molecule has 4 atom stereocenters. The number of carbonyl (C=O) groups is 1. The number of rotatable bonds is 8. The molecule has 2 heterocycles. The number of H-pyrrole nitrogens is 1. The summed E-state index contributed by atoms with van der Waals surface area (Å²) in [7, 11) is 0. The molecule has 1 aromatic heterocycles. The highest BCUT2D eigenvalue weighted by atomic mass is 19.1. The summed E-state index contributed by atoms with van der Waals surface area (Å²) >= 11 is 0. The third-order valence-electron chi connectivity index (χ3n) is 6.51. The predicted molar refractivity (Wildman–Crippen MR) is 98.6 cm³/mol. The Labute approximate surface area is 160 Å². The average Bonchev–Trinajstić information content (AvgIpc) is 3.20. The number of carbonyl (C=O) groups excluding carboxylic acids is 1. The quantitative estimate of drug-likeness (QED) is 0.673. The van der Waals surface area contributed by atoms with Crippen LogP contribution in [-0.2, 0) is 16.0 Å².